The smallest absolute Gasteiger partial charge is 0.0623 e. The van der Waals surface area contributed by atoms with E-state index in [1.54, 1.807) is 0 Å². The van der Waals surface area contributed by atoms with Crippen LogP contribution in [0, 0.1) is 0 Å². The molecule has 0 saturated heterocycles. The molecule has 0 aliphatic rings. The molecule has 0 rings (SSSR count). The van der Waals surface area contributed by atoms with Crippen molar-refractivity contribution in [3.05, 3.63) is 0 Å². The third kappa shape index (κ3) is 5.50. The van der Waals surface area contributed by atoms with Crippen molar-refractivity contribution in [1.29, 1.82) is 0 Å². The minimum atomic E-state index is -0.172. The van der Waals surface area contributed by atoms with Crippen LogP contribution in [0.1, 0.15) is 40.5 Å². The van der Waals surface area contributed by atoms with Gasteiger partial charge in [0.15, 0.2) is 0 Å². The van der Waals surface area contributed by atoms with Gasteiger partial charge in [0.05, 0.1) is 12.1 Å². The fourth-order valence-electron chi connectivity index (χ4n) is 1.61. The Hall–Kier alpha value is -0.120. The molecule has 0 heterocycles. The lowest BCUT2D eigenvalue weighted by molar-refractivity contribution is 0.114. The van der Waals surface area contributed by atoms with Crippen molar-refractivity contribution < 1.29 is 5.11 Å². The van der Waals surface area contributed by atoms with Gasteiger partial charge in [-0.15, -0.1) is 0 Å². The maximum Gasteiger partial charge on any atom is 0.0623 e. The molecule has 2 unspecified atom stereocenters. The zero-order valence-corrected chi connectivity index (χ0v) is 11.0. The minimum absolute atomic E-state index is 0.172. The first kappa shape index (κ1) is 14.9. The van der Waals surface area contributed by atoms with E-state index in [9.17, 15) is 5.11 Å². The van der Waals surface area contributed by atoms with Gasteiger partial charge in [0.25, 0.3) is 0 Å². The quantitative estimate of drug-likeness (QED) is 0.645. The summed E-state index contributed by atoms with van der Waals surface area (Å²) in [6.07, 6.45) is 2.24. The minimum Gasteiger partial charge on any atom is -0.394 e. The lowest BCUT2D eigenvalue weighted by Gasteiger charge is -2.35. The van der Waals surface area contributed by atoms with Crippen LogP contribution in [0.25, 0.3) is 0 Å². The van der Waals surface area contributed by atoms with Gasteiger partial charge in [-0.3, -0.25) is 0 Å². The Balaban J connectivity index is 4.16. The number of likely N-dealkylation sites (N-methyl/N-ethyl adjacent to an activating group) is 1. The molecule has 2 atom stereocenters. The second kappa shape index (κ2) is 7.20. The van der Waals surface area contributed by atoms with Crippen molar-refractivity contribution in [1.82, 2.24) is 10.2 Å². The van der Waals surface area contributed by atoms with Crippen LogP contribution in [0.3, 0.4) is 0 Å². The Morgan fingerprint density at radius 1 is 1.40 bits per heavy atom. The molecule has 0 bridgehead atoms. The lowest BCUT2D eigenvalue weighted by Crippen LogP contribution is -2.54. The molecule has 3 nitrogen and oxygen atoms in total. The number of nitrogens with one attached hydrogen (secondary N) is 1. The third-order valence-corrected chi connectivity index (χ3v) is 3.09. The van der Waals surface area contributed by atoms with Gasteiger partial charge >= 0.3 is 0 Å². The van der Waals surface area contributed by atoms with Gasteiger partial charge in [-0.25, -0.2) is 0 Å². The third-order valence-electron chi connectivity index (χ3n) is 3.09. The van der Waals surface area contributed by atoms with E-state index >= 15 is 0 Å². The summed E-state index contributed by atoms with van der Waals surface area (Å²) in [5.41, 5.74) is -0.172. The molecule has 0 aliphatic carbocycles. The highest BCUT2D eigenvalue weighted by Gasteiger charge is 2.25. The van der Waals surface area contributed by atoms with E-state index in [1.807, 2.05) is 0 Å². The molecular formula is C12H28N2O. The Labute approximate surface area is 94.9 Å². The van der Waals surface area contributed by atoms with Crippen LogP contribution < -0.4 is 5.32 Å². The molecule has 0 saturated carbocycles. The normalized spacial score (nSPS) is 17.8. The first-order valence-electron chi connectivity index (χ1n) is 6.05. The Morgan fingerprint density at radius 3 is 2.40 bits per heavy atom. The molecule has 0 fully saturated rings. The van der Waals surface area contributed by atoms with Gasteiger partial charge in [-0.05, 0) is 40.3 Å². The summed E-state index contributed by atoms with van der Waals surface area (Å²) in [7, 11) is 2.12. The van der Waals surface area contributed by atoms with Crippen LogP contribution in [0.15, 0.2) is 0 Å². The zero-order chi connectivity index (χ0) is 11.9. The van der Waals surface area contributed by atoms with Crippen LogP contribution in [0.4, 0.5) is 0 Å². The molecule has 15 heavy (non-hydrogen) atoms. The van der Waals surface area contributed by atoms with Crippen LogP contribution in [-0.2, 0) is 0 Å². The molecule has 0 radical (unpaired) electrons. The summed E-state index contributed by atoms with van der Waals surface area (Å²) in [6.45, 7) is 10.7. The van der Waals surface area contributed by atoms with Gasteiger partial charge in [-0.1, -0.05) is 13.8 Å². The number of rotatable bonds is 8. The molecule has 0 spiro atoms. The van der Waals surface area contributed by atoms with Crippen LogP contribution in [0.5, 0.6) is 0 Å². The van der Waals surface area contributed by atoms with Gasteiger partial charge in [0.2, 0.25) is 0 Å². The largest absolute Gasteiger partial charge is 0.394 e. The molecule has 2 N–H and O–H groups in total. The number of hydrogen-bond acceptors (Lipinski definition) is 3. The number of nitrogens with zero attached hydrogens (tertiary/aromatic N) is 1. The molecular weight excluding hydrogens is 188 g/mol. The summed E-state index contributed by atoms with van der Waals surface area (Å²) in [5, 5.41) is 12.8. The summed E-state index contributed by atoms with van der Waals surface area (Å²) in [5.74, 6) is 0. The molecule has 3 heteroatoms. The second-order valence-electron chi connectivity index (χ2n) is 4.82. The van der Waals surface area contributed by atoms with Gasteiger partial charge in [0.1, 0.15) is 0 Å². The van der Waals surface area contributed by atoms with Crippen molar-refractivity contribution >= 4 is 0 Å². The van der Waals surface area contributed by atoms with E-state index in [2.05, 4.69) is 45.0 Å². The lowest BCUT2D eigenvalue weighted by atomic mass is 10.0. The SMILES string of the molecule is CCCNC(C)(CO)CN(C)C(C)CC. The average molecular weight is 216 g/mol. The van der Waals surface area contributed by atoms with Crippen molar-refractivity contribution in [2.45, 2.75) is 52.1 Å². The van der Waals surface area contributed by atoms with Crippen molar-refractivity contribution in [3.8, 4) is 0 Å². The van der Waals surface area contributed by atoms with Crippen LogP contribution in [-0.4, -0.2) is 48.3 Å². The highest BCUT2D eigenvalue weighted by Crippen LogP contribution is 2.09. The fraction of sp³-hybridized carbons (Fsp3) is 1.00. The number of aliphatic hydroxyl groups is 1. The van der Waals surface area contributed by atoms with Crippen molar-refractivity contribution in [2.75, 3.05) is 26.7 Å². The first-order chi connectivity index (χ1) is 6.99. The number of hydrogen-bond donors (Lipinski definition) is 2. The van der Waals surface area contributed by atoms with E-state index in [1.165, 1.54) is 0 Å². The molecule has 0 aromatic carbocycles. The summed E-state index contributed by atoms with van der Waals surface area (Å²) in [6, 6.07) is 0.569. The predicted octanol–water partition coefficient (Wildman–Crippen LogP) is 1.47. The van der Waals surface area contributed by atoms with Crippen LogP contribution >= 0.6 is 0 Å². The van der Waals surface area contributed by atoms with Gasteiger partial charge in [0, 0.05) is 12.6 Å². The molecule has 0 amide bonds. The molecule has 0 aromatic heterocycles. The first-order valence-corrected chi connectivity index (χ1v) is 6.05. The van der Waals surface area contributed by atoms with E-state index in [0.717, 1.165) is 25.9 Å². The highest BCUT2D eigenvalue weighted by atomic mass is 16.3. The van der Waals surface area contributed by atoms with Crippen molar-refractivity contribution in [2.24, 2.45) is 0 Å². The Bertz CT molecular complexity index is 164. The van der Waals surface area contributed by atoms with E-state index < -0.39 is 0 Å². The maximum atomic E-state index is 9.43. The Kier molecular flexibility index (Phi) is 7.14. The molecule has 0 aliphatic heterocycles. The number of aliphatic hydroxyl groups excluding tert-OH is 1. The summed E-state index contributed by atoms with van der Waals surface area (Å²) >= 11 is 0. The summed E-state index contributed by atoms with van der Waals surface area (Å²) in [4.78, 5) is 2.30. The van der Waals surface area contributed by atoms with Crippen LogP contribution in [0.2, 0.25) is 0 Å². The molecule has 92 valence electrons. The van der Waals surface area contributed by atoms with Gasteiger partial charge < -0.3 is 15.3 Å². The van der Waals surface area contributed by atoms with Crippen molar-refractivity contribution in [3.63, 3.8) is 0 Å². The molecule has 0 aromatic rings. The van der Waals surface area contributed by atoms with E-state index in [-0.39, 0.29) is 12.1 Å². The topological polar surface area (TPSA) is 35.5 Å². The maximum absolute atomic E-state index is 9.43. The standard InChI is InChI=1S/C12H28N2O/c1-6-8-13-12(4,10-15)9-14(5)11(3)7-2/h11,13,15H,6-10H2,1-5H3. The Morgan fingerprint density at radius 2 is 2.00 bits per heavy atom. The van der Waals surface area contributed by atoms with E-state index in [0.29, 0.717) is 6.04 Å². The van der Waals surface area contributed by atoms with Gasteiger partial charge in [-0.2, -0.15) is 0 Å². The zero-order valence-electron chi connectivity index (χ0n) is 11.0. The second-order valence-corrected chi connectivity index (χ2v) is 4.82. The average Bonchev–Trinajstić information content (AvgIpc) is 2.25. The summed E-state index contributed by atoms with van der Waals surface area (Å²) < 4.78 is 0. The predicted molar refractivity (Wildman–Crippen MR) is 66.2 cm³/mol. The fourth-order valence-corrected chi connectivity index (χ4v) is 1.61. The van der Waals surface area contributed by atoms with E-state index in [4.69, 9.17) is 0 Å². The highest BCUT2D eigenvalue weighted by molar-refractivity contribution is 4.86. The monoisotopic (exact) mass is 216 g/mol.